The number of ether oxygens (including phenoxy) is 4. The van der Waals surface area contributed by atoms with Gasteiger partial charge < -0.3 is 18.9 Å². The molecule has 8 unspecified atom stereocenters. The van der Waals surface area contributed by atoms with E-state index in [1.165, 1.54) is 0 Å². The molecule has 8 atom stereocenters. The van der Waals surface area contributed by atoms with Crippen LogP contribution >= 0.6 is 0 Å². The van der Waals surface area contributed by atoms with Gasteiger partial charge in [-0.1, -0.05) is 13.8 Å². The summed E-state index contributed by atoms with van der Waals surface area (Å²) < 4.78 is 24.1. The second-order valence-electron chi connectivity index (χ2n) is 7.76. The Kier molecular flexibility index (Phi) is 3.98. The van der Waals surface area contributed by atoms with E-state index < -0.39 is 0 Å². The molecule has 5 nitrogen and oxygen atoms in total. The largest absolute Gasteiger partial charge is 0.381 e. The number of fused-ring (bicyclic) bond motifs is 4. The third-order valence-electron chi connectivity index (χ3n) is 6.39. The van der Waals surface area contributed by atoms with Crippen molar-refractivity contribution in [2.45, 2.75) is 69.8 Å². The van der Waals surface area contributed by atoms with Crippen LogP contribution in [0.2, 0.25) is 0 Å². The maximum Gasteiger partial charge on any atom is 0.147 e. The van der Waals surface area contributed by atoms with Crippen molar-refractivity contribution in [2.24, 2.45) is 17.8 Å². The van der Waals surface area contributed by atoms with E-state index in [4.69, 9.17) is 18.9 Å². The minimum absolute atomic E-state index is 0.154. The number of nitrogens with zero attached hydrogens (tertiary/aromatic N) is 1. The highest BCUT2D eigenvalue weighted by Gasteiger charge is 2.58. The van der Waals surface area contributed by atoms with E-state index in [9.17, 15) is 0 Å². The minimum atomic E-state index is 0.154. The third kappa shape index (κ3) is 2.17. The number of likely N-dealkylation sites (tertiary alicyclic amines) is 1. The van der Waals surface area contributed by atoms with Crippen molar-refractivity contribution in [1.82, 2.24) is 4.90 Å². The number of likely N-dealkylation sites (N-methyl/N-ethyl adjacent to an activating group) is 1. The van der Waals surface area contributed by atoms with Crippen LogP contribution in [-0.4, -0.2) is 62.5 Å². The highest BCUT2D eigenvalue weighted by molar-refractivity contribution is 5.07. The average molecular weight is 311 g/mol. The molecule has 1 aliphatic carbocycles. The van der Waals surface area contributed by atoms with Crippen LogP contribution in [0.15, 0.2) is 0 Å². The Hall–Kier alpha value is -0.200. The van der Waals surface area contributed by atoms with Crippen LogP contribution in [0.3, 0.4) is 0 Å². The Bertz CT molecular complexity index is 417. The Morgan fingerprint density at radius 3 is 2.68 bits per heavy atom. The van der Waals surface area contributed by atoms with Crippen molar-refractivity contribution >= 4 is 0 Å². The van der Waals surface area contributed by atoms with Crippen LogP contribution in [0, 0.1) is 17.8 Å². The predicted molar refractivity (Wildman–Crippen MR) is 81.3 cm³/mol. The third-order valence-corrected chi connectivity index (χ3v) is 6.39. The van der Waals surface area contributed by atoms with E-state index in [1.54, 1.807) is 0 Å². The summed E-state index contributed by atoms with van der Waals surface area (Å²) in [6, 6.07) is 0.346. The molecular formula is C17H29NO4. The van der Waals surface area contributed by atoms with Gasteiger partial charge in [-0.3, -0.25) is 4.90 Å². The fraction of sp³-hybridized carbons (Fsp3) is 1.00. The fourth-order valence-electron chi connectivity index (χ4n) is 5.32. The summed E-state index contributed by atoms with van der Waals surface area (Å²) >= 11 is 0. The van der Waals surface area contributed by atoms with E-state index in [0.29, 0.717) is 36.7 Å². The molecule has 0 spiro atoms. The molecule has 22 heavy (non-hydrogen) atoms. The van der Waals surface area contributed by atoms with Gasteiger partial charge in [0.1, 0.15) is 19.1 Å². The fourth-order valence-corrected chi connectivity index (χ4v) is 5.32. The zero-order valence-electron chi connectivity index (χ0n) is 14.1. The lowest BCUT2D eigenvalue weighted by molar-refractivity contribution is -0.195. The van der Waals surface area contributed by atoms with Crippen molar-refractivity contribution in [3.8, 4) is 0 Å². The number of hydrogen-bond donors (Lipinski definition) is 0. The zero-order chi connectivity index (χ0) is 15.4. The number of rotatable bonds is 2. The zero-order valence-corrected chi connectivity index (χ0v) is 14.1. The summed E-state index contributed by atoms with van der Waals surface area (Å²) in [6.45, 7) is 4.94. The maximum absolute atomic E-state index is 6.42. The predicted octanol–water partition coefficient (Wildman–Crippen LogP) is 1.85. The Balaban J connectivity index is 1.63. The molecular weight excluding hydrogens is 282 g/mol. The molecule has 3 aliphatic heterocycles. The summed E-state index contributed by atoms with van der Waals surface area (Å²) in [4.78, 5) is 2.43. The van der Waals surface area contributed by atoms with Gasteiger partial charge in [-0.05, 0) is 32.2 Å². The van der Waals surface area contributed by atoms with Crippen LogP contribution in [0.5, 0.6) is 0 Å². The summed E-state index contributed by atoms with van der Waals surface area (Å²) in [7, 11) is 4.07. The van der Waals surface area contributed by atoms with Crippen LogP contribution in [0.25, 0.3) is 0 Å². The monoisotopic (exact) mass is 311 g/mol. The molecule has 0 bridgehead atoms. The molecule has 4 aliphatic rings. The van der Waals surface area contributed by atoms with E-state index >= 15 is 0 Å². The van der Waals surface area contributed by atoms with Gasteiger partial charge in [0.25, 0.3) is 0 Å². The van der Waals surface area contributed by atoms with Crippen LogP contribution in [0.4, 0.5) is 0 Å². The summed E-state index contributed by atoms with van der Waals surface area (Å²) in [6.07, 6.45) is 4.55. The lowest BCUT2D eigenvalue weighted by Crippen LogP contribution is -2.65. The van der Waals surface area contributed by atoms with Crippen molar-refractivity contribution in [3.63, 3.8) is 0 Å². The maximum atomic E-state index is 6.42. The Labute approximate surface area is 133 Å². The molecule has 0 aromatic rings. The molecule has 3 heterocycles. The van der Waals surface area contributed by atoms with E-state index in [-0.39, 0.29) is 24.5 Å². The molecule has 0 radical (unpaired) electrons. The summed E-state index contributed by atoms with van der Waals surface area (Å²) in [5.74, 6) is 1.55. The molecule has 4 fully saturated rings. The first-order valence-corrected chi connectivity index (χ1v) is 8.75. The first-order valence-electron chi connectivity index (χ1n) is 8.75. The number of piperidine rings is 1. The molecule has 0 aromatic carbocycles. The smallest absolute Gasteiger partial charge is 0.147 e. The topological polar surface area (TPSA) is 40.2 Å². The molecule has 0 amide bonds. The van der Waals surface area contributed by atoms with Gasteiger partial charge in [0, 0.05) is 25.0 Å². The Morgan fingerprint density at radius 2 is 1.95 bits per heavy atom. The quantitative estimate of drug-likeness (QED) is 0.778. The summed E-state index contributed by atoms with van der Waals surface area (Å²) in [5.41, 5.74) is 0. The number of hydrogen-bond acceptors (Lipinski definition) is 5. The normalized spacial score (nSPS) is 51.7. The van der Waals surface area contributed by atoms with Crippen molar-refractivity contribution in [3.05, 3.63) is 0 Å². The van der Waals surface area contributed by atoms with Gasteiger partial charge in [0.05, 0.1) is 18.3 Å². The molecule has 1 saturated carbocycles. The van der Waals surface area contributed by atoms with Crippen LogP contribution in [-0.2, 0) is 18.9 Å². The lowest BCUT2D eigenvalue weighted by atomic mass is 9.69. The lowest BCUT2D eigenvalue weighted by Gasteiger charge is -2.53. The molecule has 4 rings (SSSR count). The molecule has 5 heteroatoms. The SMILES string of the molecule is COC1C2CC(C(C)C)OC2N(C)C2C1CCC1OCOC12. The van der Waals surface area contributed by atoms with E-state index in [2.05, 4.69) is 25.8 Å². The van der Waals surface area contributed by atoms with E-state index in [0.717, 1.165) is 19.3 Å². The first-order chi connectivity index (χ1) is 10.6. The highest BCUT2D eigenvalue weighted by Crippen LogP contribution is 2.49. The summed E-state index contributed by atoms with van der Waals surface area (Å²) in [5, 5.41) is 0. The van der Waals surface area contributed by atoms with Crippen LogP contribution < -0.4 is 0 Å². The second kappa shape index (κ2) is 5.71. The molecule has 0 N–H and O–H groups in total. The molecule has 3 saturated heterocycles. The average Bonchev–Trinajstić information content (AvgIpc) is 3.13. The van der Waals surface area contributed by atoms with Gasteiger partial charge in [-0.2, -0.15) is 0 Å². The molecule has 126 valence electrons. The van der Waals surface area contributed by atoms with Gasteiger partial charge in [0.2, 0.25) is 0 Å². The molecule has 0 aromatic heterocycles. The van der Waals surface area contributed by atoms with Crippen molar-refractivity contribution in [1.29, 1.82) is 0 Å². The Morgan fingerprint density at radius 1 is 1.14 bits per heavy atom. The van der Waals surface area contributed by atoms with Crippen molar-refractivity contribution < 1.29 is 18.9 Å². The van der Waals surface area contributed by atoms with Gasteiger partial charge in [-0.15, -0.1) is 0 Å². The second-order valence-corrected chi connectivity index (χ2v) is 7.76. The highest BCUT2D eigenvalue weighted by atomic mass is 16.7. The van der Waals surface area contributed by atoms with Gasteiger partial charge in [-0.25, -0.2) is 0 Å². The van der Waals surface area contributed by atoms with E-state index in [1.807, 2.05) is 7.11 Å². The standard InChI is InChI=1S/C17H29NO4/c1-9(2)13-7-11-15(19-4)10-5-6-12-16(21-8-20-12)14(10)18(3)17(11)22-13/h9-17H,5-8H2,1-4H3. The van der Waals surface area contributed by atoms with Gasteiger partial charge >= 0.3 is 0 Å². The minimum Gasteiger partial charge on any atom is -0.381 e. The number of methoxy groups -OCH3 is 1. The van der Waals surface area contributed by atoms with Crippen LogP contribution in [0.1, 0.15) is 33.1 Å². The van der Waals surface area contributed by atoms with Crippen molar-refractivity contribution in [2.75, 3.05) is 21.0 Å². The van der Waals surface area contributed by atoms with Gasteiger partial charge in [0.15, 0.2) is 0 Å². The first kappa shape index (κ1) is 15.3.